The molecule has 3 aliphatic rings. The zero-order chi connectivity index (χ0) is 12.4. The molecule has 0 aromatic carbocycles. The number of carbonyl (C=O) groups excluding carboxylic acids is 1. The molecule has 3 fully saturated rings. The summed E-state index contributed by atoms with van der Waals surface area (Å²) in [4.78, 5) is 17.0. The Morgan fingerprint density at radius 2 is 1.70 bits per heavy atom. The third-order valence-electron chi connectivity index (χ3n) is 4.51. The van der Waals surface area contributed by atoms with Crippen molar-refractivity contribution in [1.82, 2.24) is 15.1 Å². The summed E-state index contributed by atoms with van der Waals surface area (Å²) in [5.41, 5.74) is 0. The van der Waals surface area contributed by atoms with E-state index in [1.165, 1.54) is 32.2 Å². The van der Waals surface area contributed by atoms with Gasteiger partial charge in [0.2, 0.25) is 5.91 Å². The zero-order valence-electron chi connectivity index (χ0n) is 12.1. The highest BCUT2D eigenvalue weighted by Crippen LogP contribution is 2.29. The number of piperazine rings is 1. The Hall–Kier alpha value is -0.0300. The first-order valence-electron chi connectivity index (χ1n) is 7.57. The Morgan fingerprint density at radius 1 is 1.00 bits per heavy atom. The van der Waals surface area contributed by atoms with Crippen LogP contribution in [-0.2, 0) is 4.79 Å². The van der Waals surface area contributed by atoms with Crippen LogP contribution in [0.2, 0.25) is 0 Å². The third kappa shape index (κ3) is 4.76. The molecule has 2 heterocycles. The highest BCUT2D eigenvalue weighted by molar-refractivity contribution is 5.85. The number of halogens is 2. The molecule has 2 aliphatic heterocycles. The molecule has 1 saturated carbocycles. The molecule has 4 nitrogen and oxygen atoms in total. The van der Waals surface area contributed by atoms with Gasteiger partial charge in [0.25, 0.3) is 0 Å². The molecule has 1 atom stereocenters. The van der Waals surface area contributed by atoms with E-state index < -0.39 is 0 Å². The standard InChI is InChI=1S/C14H25N3O.2ClH/c18-14(13-3-1-2-6-15-13)17-9-7-16(8-10-17)11-12-4-5-12;;/h12-13,15H,1-11H2;2*1H/t13-;;/m0../s1. The van der Waals surface area contributed by atoms with Crippen molar-refractivity contribution in [2.45, 2.75) is 38.1 Å². The fraction of sp³-hybridized carbons (Fsp3) is 0.929. The lowest BCUT2D eigenvalue weighted by Gasteiger charge is -2.37. The smallest absolute Gasteiger partial charge is 0.239 e. The van der Waals surface area contributed by atoms with Gasteiger partial charge in [-0.25, -0.2) is 0 Å². The van der Waals surface area contributed by atoms with E-state index in [1.807, 2.05) is 0 Å². The van der Waals surface area contributed by atoms with Gasteiger partial charge in [0, 0.05) is 32.7 Å². The Bertz CT molecular complexity index is 299. The number of nitrogens with one attached hydrogen (secondary N) is 1. The molecule has 1 N–H and O–H groups in total. The third-order valence-corrected chi connectivity index (χ3v) is 4.51. The van der Waals surface area contributed by atoms with E-state index in [1.54, 1.807) is 0 Å². The second-order valence-corrected chi connectivity index (χ2v) is 6.07. The van der Waals surface area contributed by atoms with Crippen LogP contribution in [0.4, 0.5) is 0 Å². The lowest BCUT2D eigenvalue weighted by molar-refractivity contribution is -0.135. The Balaban J connectivity index is 0.000001000. The summed E-state index contributed by atoms with van der Waals surface area (Å²) in [5.74, 6) is 1.31. The molecule has 0 aromatic heterocycles. The van der Waals surface area contributed by atoms with Crippen LogP contribution in [0.1, 0.15) is 32.1 Å². The predicted molar refractivity (Wildman–Crippen MR) is 85.9 cm³/mol. The minimum Gasteiger partial charge on any atom is -0.339 e. The normalized spacial score (nSPS) is 27.4. The summed E-state index contributed by atoms with van der Waals surface area (Å²) < 4.78 is 0. The molecule has 0 aromatic rings. The van der Waals surface area contributed by atoms with Crippen molar-refractivity contribution in [2.75, 3.05) is 39.3 Å². The number of hydrogen-bond acceptors (Lipinski definition) is 3. The molecule has 20 heavy (non-hydrogen) atoms. The minimum absolute atomic E-state index is 0. The van der Waals surface area contributed by atoms with Crippen molar-refractivity contribution in [1.29, 1.82) is 0 Å². The van der Waals surface area contributed by atoms with Gasteiger partial charge in [0.05, 0.1) is 6.04 Å². The summed E-state index contributed by atoms with van der Waals surface area (Å²) in [7, 11) is 0. The highest BCUT2D eigenvalue weighted by Gasteiger charge is 2.30. The topological polar surface area (TPSA) is 35.6 Å². The van der Waals surface area contributed by atoms with Crippen molar-refractivity contribution in [3.05, 3.63) is 0 Å². The maximum Gasteiger partial charge on any atom is 0.239 e. The van der Waals surface area contributed by atoms with Crippen LogP contribution in [0, 0.1) is 5.92 Å². The van der Waals surface area contributed by atoms with Crippen molar-refractivity contribution in [3.8, 4) is 0 Å². The van der Waals surface area contributed by atoms with Gasteiger partial charge in [0.1, 0.15) is 0 Å². The number of amides is 1. The van der Waals surface area contributed by atoms with Crippen LogP contribution in [0.5, 0.6) is 0 Å². The van der Waals surface area contributed by atoms with Crippen LogP contribution in [0.15, 0.2) is 0 Å². The molecule has 1 aliphatic carbocycles. The predicted octanol–water partition coefficient (Wildman–Crippen LogP) is 1.53. The summed E-state index contributed by atoms with van der Waals surface area (Å²) in [5, 5.41) is 3.36. The Kier molecular flexibility index (Phi) is 7.59. The summed E-state index contributed by atoms with van der Waals surface area (Å²) in [6.45, 7) is 6.30. The van der Waals surface area contributed by atoms with E-state index in [-0.39, 0.29) is 30.9 Å². The van der Waals surface area contributed by atoms with E-state index in [4.69, 9.17) is 0 Å². The molecule has 3 rings (SSSR count). The van der Waals surface area contributed by atoms with Crippen LogP contribution < -0.4 is 5.32 Å². The average Bonchev–Trinajstić information content (AvgIpc) is 3.24. The van der Waals surface area contributed by atoms with Crippen molar-refractivity contribution in [2.24, 2.45) is 5.92 Å². The first-order chi connectivity index (χ1) is 8.83. The second kappa shape index (κ2) is 8.42. The SMILES string of the molecule is Cl.Cl.O=C([C@@H]1CCCCN1)N1CCN(CC2CC2)CC1. The first kappa shape index (κ1) is 18.0. The van der Waals surface area contributed by atoms with Gasteiger partial charge in [-0.3, -0.25) is 9.69 Å². The fourth-order valence-electron chi connectivity index (χ4n) is 3.10. The van der Waals surface area contributed by atoms with Crippen molar-refractivity contribution < 1.29 is 4.79 Å². The minimum atomic E-state index is 0. The van der Waals surface area contributed by atoms with E-state index in [2.05, 4.69) is 15.1 Å². The molecular formula is C14H27Cl2N3O. The van der Waals surface area contributed by atoms with Gasteiger partial charge in [0.15, 0.2) is 0 Å². The molecular weight excluding hydrogens is 297 g/mol. The van der Waals surface area contributed by atoms with Crippen LogP contribution in [-0.4, -0.2) is 61.0 Å². The first-order valence-corrected chi connectivity index (χ1v) is 7.57. The van der Waals surface area contributed by atoms with E-state index in [9.17, 15) is 4.79 Å². The van der Waals surface area contributed by atoms with Gasteiger partial charge in [-0.05, 0) is 38.1 Å². The van der Waals surface area contributed by atoms with Crippen molar-refractivity contribution >= 4 is 30.7 Å². The quantitative estimate of drug-likeness (QED) is 0.855. The number of hydrogen-bond donors (Lipinski definition) is 1. The molecule has 0 unspecified atom stereocenters. The van der Waals surface area contributed by atoms with Gasteiger partial charge in [-0.2, -0.15) is 0 Å². The number of nitrogens with zero attached hydrogens (tertiary/aromatic N) is 2. The Labute approximate surface area is 134 Å². The van der Waals surface area contributed by atoms with Crippen LogP contribution in [0.3, 0.4) is 0 Å². The van der Waals surface area contributed by atoms with Crippen LogP contribution >= 0.6 is 24.8 Å². The molecule has 6 heteroatoms. The van der Waals surface area contributed by atoms with Gasteiger partial charge < -0.3 is 10.2 Å². The number of piperidine rings is 1. The van der Waals surface area contributed by atoms with Gasteiger partial charge in [-0.1, -0.05) is 6.42 Å². The van der Waals surface area contributed by atoms with E-state index in [0.717, 1.165) is 45.1 Å². The van der Waals surface area contributed by atoms with Crippen molar-refractivity contribution in [3.63, 3.8) is 0 Å². The highest BCUT2D eigenvalue weighted by atomic mass is 35.5. The molecule has 1 amide bonds. The average molecular weight is 324 g/mol. The van der Waals surface area contributed by atoms with Crippen LogP contribution in [0.25, 0.3) is 0 Å². The van der Waals surface area contributed by atoms with Gasteiger partial charge in [-0.15, -0.1) is 24.8 Å². The summed E-state index contributed by atoms with van der Waals surface area (Å²) in [6, 6.07) is 0.105. The Morgan fingerprint density at radius 3 is 2.25 bits per heavy atom. The molecule has 0 spiro atoms. The number of carbonyl (C=O) groups is 1. The molecule has 2 saturated heterocycles. The zero-order valence-corrected chi connectivity index (χ0v) is 13.7. The summed E-state index contributed by atoms with van der Waals surface area (Å²) >= 11 is 0. The maximum absolute atomic E-state index is 12.3. The maximum atomic E-state index is 12.3. The molecule has 0 radical (unpaired) electrons. The largest absolute Gasteiger partial charge is 0.339 e. The fourth-order valence-corrected chi connectivity index (χ4v) is 3.10. The second-order valence-electron chi connectivity index (χ2n) is 6.07. The lowest BCUT2D eigenvalue weighted by Crippen LogP contribution is -2.55. The molecule has 0 bridgehead atoms. The number of rotatable bonds is 3. The lowest BCUT2D eigenvalue weighted by atomic mass is 10.0. The monoisotopic (exact) mass is 323 g/mol. The summed E-state index contributed by atoms with van der Waals surface area (Å²) in [6.07, 6.45) is 6.29. The van der Waals surface area contributed by atoms with Gasteiger partial charge >= 0.3 is 0 Å². The van der Waals surface area contributed by atoms with E-state index >= 15 is 0 Å². The van der Waals surface area contributed by atoms with E-state index in [0.29, 0.717) is 5.91 Å². The molecule has 118 valence electrons.